The molecule has 5 rings (SSSR count). The van der Waals surface area contributed by atoms with Crippen LogP contribution in [0, 0.1) is 6.92 Å². The Kier molecular flexibility index (Phi) is 4.96. The van der Waals surface area contributed by atoms with E-state index in [-0.39, 0.29) is 5.91 Å². The number of piperidine rings is 1. The number of pyridine rings is 3. The van der Waals surface area contributed by atoms with E-state index in [1.807, 2.05) is 35.5 Å². The lowest BCUT2D eigenvalue weighted by atomic mass is 9.92. The Bertz CT molecular complexity index is 1200. The molecular weight excluding hydrogens is 394 g/mol. The number of rotatable bonds is 3. The summed E-state index contributed by atoms with van der Waals surface area (Å²) in [6, 6.07) is 10.3. The molecule has 1 fully saturated rings. The van der Waals surface area contributed by atoms with Gasteiger partial charge in [-0.2, -0.15) is 0 Å². The van der Waals surface area contributed by atoms with Gasteiger partial charge in [0.05, 0.1) is 5.01 Å². The summed E-state index contributed by atoms with van der Waals surface area (Å²) >= 11 is 1.52. The summed E-state index contributed by atoms with van der Waals surface area (Å²) in [5, 5.41) is 3.80. The Morgan fingerprint density at radius 3 is 2.60 bits per heavy atom. The van der Waals surface area contributed by atoms with Crippen molar-refractivity contribution in [2.75, 3.05) is 13.1 Å². The Hall–Kier alpha value is -3.19. The number of fused-ring (bicyclic) bond motifs is 1. The summed E-state index contributed by atoms with van der Waals surface area (Å²) in [6.07, 6.45) is 7.25. The lowest BCUT2D eigenvalue weighted by Gasteiger charge is -2.31. The molecule has 0 spiro atoms. The summed E-state index contributed by atoms with van der Waals surface area (Å²) in [5.74, 6) is 0.381. The highest BCUT2D eigenvalue weighted by atomic mass is 32.1. The number of carbonyl (C=O) groups is 1. The molecule has 0 atom stereocenters. The Morgan fingerprint density at radius 2 is 1.87 bits per heavy atom. The minimum Gasteiger partial charge on any atom is -0.337 e. The predicted octanol–water partition coefficient (Wildman–Crippen LogP) is 4.48. The molecule has 7 heteroatoms. The van der Waals surface area contributed by atoms with E-state index in [1.165, 1.54) is 11.3 Å². The van der Waals surface area contributed by atoms with Crippen LogP contribution in [0.4, 0.5) is 0 Å². The van der Waals surface area contributed by atoms with Gasteiger partial charge in [-0.25, -0.2) is 15.0 Å². The zero-order valence-electron chi connectivity index (χ0n) is 16.7. The standard InChI is InChI=1S/C23H21N5OS/c1-15-26-21(14-30-15)23(29)28-10-6-17(7-11-28)20-3-2-18-12-19(13-25-22(18)27-20)16-4-8-24-9-5-16/h2-5,8-9,12-14,17H,6-7,10-11H2,1H3. The second-order valence-electron chi connectivity index (χ2n) is 7.56. The highest BCUT2D eigenvalue weighted by Gasteiger charge is 2.26. The number of nitrogens with zero attached hydrogens (tertiary/aromatic N) is 5. The minimum atomic E-state index is 0.0366. The molecule has 5 heterocycles. The fraction of sp³-hybridized carbons (Fsp3) is 0.261. The van der Waals surface area contributed by atoms with Crippen LogP contribution in [0.1, 0.15) is 39.9 Å². The molecule has 6 nitrogen and oxygen atoms in total. The Labute approximate surface area is 178 Å². The van der Waals surface area contributed by atoms with Crippen LogP contribution in [-0.4, -0.2) is 43.8 Å². The summed E-state index contributed by atoms with van der Waals surface area (Å²) in [6.45, 7) is 3.38. The summed E-state index contributed by atoms with van der Waals surface area (Å²) in [7, 11) is 0. The van der Waals surface area contributed by atoms with Crippen LogP contribution < -0.4 is 0 Å². The molecule has 150 valence electrons. The first-order chi connectivity index (χ1) is 14.7. The third-order valence-corrected chi connectivity index (χ3v) is 6.39. The maximum absolute atomic E-state index is 12.6. The second-order valence-corrected chi connectivity index (χ2v) is 8.62. The second kappa shape index (κ2) is 7.91. The number of likely N-dealkylation sites (tertiary alicyclic amines) is 1. The van der Waals surface area contributed by atoms with E-state index in [0.717, 1.165) is 58.8 Å². The predicted molar refractivity (Wildman–Crippen MR) is 117 cm³/mol. The first-order valence-corrected chi connectivity index (χ1v) is 10.9. The molecule has 0 saturated carbocycles. The van der Waals surface area contributed by atoms with Crippen molar-refractivity contribution in [1.82, 2.24) is 24.8 Å². The van der Waals surface area contributed by atoms with Crippen LogP contribution in [0.5, 0.6) is 0 Å². The SMILES string of the molecule is Cc1nc(C(=O)N2CCC(c3ccc4cc(-c5ccncc5)cnc4n3)CC2)cs1. The van der Waals surface area contributed by atoms with Crippen molar-refractivity contribution in [1.29, 1.82) is 0 Å². The molecule has 1 amide bonds. The third kappa shape index (κ3) is 3.68. The van der Waals surface area contributed by atoms with Crippen molar-refractivity contribution in [3.63, 3.8) is 0 Å². The van der Waals surface area contributed by atoms with Crippen molar-refractivity contribution in [2.24, 2.45) is 0 Å². The number of aryl methyl sites for hydroxylation is 1. The van der Waals surface area contributed by atoms with E-state index < -0.39 is 0 Å². The highest BCUT2D eigenvalue weighted by molar-refractivity contribution is 7.09. The van der Waals surface area contributed by atoms with Crippen LogP contribution in [0.3, 0.4) is 0 Å². The number of thiazole rings is 1. The van der Waals surface area contributed by atoms with Gasteiger partial charge in [0.1, 0.15) is 5.69 Å². The smallest absolute Gasteiger partial charge is 0.273 e. The Morgan fingerprint density at radius 1 is 1.07 bits per heavy atom. The van der Waals surface area contributed by atoms with Gasteiger partial charge in [-0.1, -0.05) is 0 Å². The lowest BCUT2D eigenvalue weighted by Crippen LogP contribution is -2.38. The first-order valence-electron chi connectivity index (χ1n) is 10.1. The van der Waals surface area contributed by atoms with Crippen molar-refractivity contribution < 1.29 is 4.79 Å². The zero-order chi connectivity index (χ0) is 20.5. The maximum Gasteiger partial charge on any atom is 0.273 e. The molecule has 1 aliphatic heterocycles. The van der Waals surface area contributed by atoms with Gasteiger partial charge >= 0.3 is 0 Å². The molecule has 0 N–H and O–H groups in total. The average Bonchev–Trinajstić information content (AvgIpc) is 3.25. The molecule has 4 aromatic heterocycles. The number of hydrogen-bond acceptors (Lipinski definition) is 6. The van der Waals surface area contributed by atoms with Crippen LogP contribution in [0.2, 0.25) is 0 Å². The van der Waals surface area contributed by atoms with E-state index >= 15 is 0 Å². The van der Waals surface area contributed by atoms with E-state index in [1.54, 1.807) is 12.4 Å². The van der Waals surface area contributed by atoms with Crippen molar-refractivity contribution in [2.45, 2.75) is 25.7 Å². The molecule has 0 bridgehead atoms. The topological polar surface area (TPSA) is 71.9 Å². The maximum atomic E-state index is 12.6. The quantitative estimate of drug-likeness (QED) is 0.493. The van der Waals surface area contributed by atoms with E-state index in [4.69, 9.17) is 4.98 Å². The molecule has 0 aliphatic carbocycles. The lowest BCUT2D eigenvalue weighted by molar-refractivity contribution is 0.0707. The van der Waals surface area contributed by atoms with Gasteiger partial charge in [0.15, 0.2) is 5.65 Å². The summed E-state index contributed by atoms with van der Waals surface area (Å²) in [5.41, 5.74) is 4.54. The molecular formula is C23H21N5OS. The van der Waals surface area contributed by atoms with Crippen LogP contribution in [0.25, 0.3) is 22.2 Å². The fourth-order valence-electron chi connectivity index (χ4n) is 3.96. The normalized spacial score (nSPS) is 14.9. The van der Waals surface area contributed by atoms with Crippen LogP contribution in [-0.2, 0) is 0 Å². The van der Waals surface area contributed by atoms with Crippen molar-refractivity contribution >= 4 is 28.3 Å². The van der Waals surface area contributed by atoms with Gasteiger partial charge in [-0.3, -0.25) is 9.78 Å². The number of hydrogen-bond donors (Lipinski definition) is 0. The minimum absolute atomic E-state index is 0.0366. The van der Waals surface area contributed by atoms with Crippen LogP contribution >= 0.6 is 11.3 Å². The van der Waals surface area contributed by atoms with E-state index in [0.29, 0.717) is 11.6 Å². The molecule has 0 radical (unpaired) electrons. The van der Waals surface area contributed by atoms with E-state index in [9.17, 15) is 4.79 Å². The molecule has 0 aromatic carbocycles. The number of aromatic nitrogens is 4. The molecule has 4 aromatic rings. The molecule has 0 unspecified atom stereocenters. The first kappa shape index (κ1) is 18.8. The van der Waals surface area contributed by atoms with Gasteiger partial charge in [0, 0.05) is 59.6 Å². The van der Waals surface area contributed by atoms with Crippen molar-refractivity contribution in [3.05, 3.63) is 70.7 Å². The van der Waals surface area contributed by atoms with Crippen molar-refractivity contribution in [3.8, 4) is 11.1 Å². The van der Waals surface area contributed by atoms with Crippen LogP contribution in [0.15, 0.2) is 54.3 Å². The zero-order valence-corrected chi connectivity index (χ0v) is 17.5. The molecule has 30 heavy (non-hydrogen) atoms. The van der Waals surface area contributed by atoms with Gasteiger partial charge in [0.25, 0.3) is 5.91 Å². The summed E-state index contributed by atoms with van der Waals surface area (Å²) in [4.78, 5) is 32.4. The van der Waals surface area contributed by atoms with Gasteiger partial charge in [-0.05, 0) is 55.7 Å². The largest absolute Gasteiger partial charge is 0.337 e. The molecule has 1 saturated heterocycles. The van der Waals surface area contributed by atoms with Gasteiger partial charge < -0.3 is 4.90 Å². The number of carbonyl (C=O) groups excluding carboxylic acids is 1. The number of amides is 1. The average molecular weight is 416 g/mol. The monoisotopic (exact) mass is 415 g/mol. The highest BCUT2D eigenvalue weighted by Crippen LogP contribution is 2.29. The van der Waals surface area contributed by atoms with E-state index in [2.05, 4.69) is 33.2 Å². The fourth-order valence-corrected chi connectivity index (χ4v) is 4.54. The molecule has 1 aliphatic rings. The summed E-state index contributed by atoms with van der Waals surface area (Å²) < 4.78 is 0. The third-order valence-electron chi connectivity index (χ3n) is 5.62. The Balaban J connectivity index is 1.30. The van der Waals surface area contributed by atoms with Gasteiger partial charge in [-0.15, -0.1) is 11.3 Å². The van der Waals surface area contributed by atoms with Gasteiger partial charge in [0.2, 0.25) is 0 Å².